The fraction of sp³-hybridized carbons (Fsp3) is 0.778. The largest absolute Gasteiger partial charge is 0.370 e. The number of amides is 2. The third-order valence-corrected chi connectivity index (χ3v) is 2.80. The molecule has 0 aliphatic rings. The van der Waals surface area contributed by atoms with Crippen molar-refractivity contribution in [1.29, 1.82) is 0 Å². The highest BCUT2D eigenvalue weighted by molar-refractivity contribution is 7.90. The van der Waals surface area contributed by atoms with Gasteiger partial charge < -0.3 is 16.4 Å². The molecule has 0 fully saturated rings. The van der Waals surface area contributed by atoms with Crippen LogP contribution in [0, 0.1) is 0 Å². The Balaban J connectivity index is 3.44. The van der Waals surface area contributed by atoms with E-state index in [9.17, 15) is 18.0 Å². The first-order valence-electron chi connectivity index (χ1n) is 5.24. The van der Waals surface area contributed by atoms with Gasteiger partial charge in [0.1, 0.15) is 9.84 Å². The van der Waals surface area contributed by atoms with Crippen LogP contribution in [0.1, 0.15) is 12.8 Å². The summed E-state index contributed by atoms with van der Waals surface area (Å²) >= 11 is 0. The van der Waals surface area contributed by atoms with E-state index in [-0.39, 0.29) is 31.2 Å². The number of hydrogen-bond acceptors (Lipinski definition) is 5. The molecule has 0 atom stereocenters. The molecule has 0 radical (unpaired) electrons. The summed E-state index contributed by atoms with van der Waals surface area (Å²) in [5.74, 6) is -0.629. The standard InChI is InChI=1S/C9H19N3O4S/c1-17(15,16)6-5-11-7-9(14)12-4-2-3-8(10)13/h11H,2-7H2,1H3,(H2,10,13)(H,12,14). The number of rotatable bonds is 9. The van der Waals surface area contributed by atoms with E-state index in [0.29, 0.717) is 13.0 Å². The highest BCUT2D eigenvalue weighted by Crippen LogP contribution is 1.84. The maximum atomic E-state index is 11.2. The van der Waals surface area contributed by atoms with Crippen LogP contribution in [0.25, 0.3) is 0 Å². The number of sulfone groups is 1. The zero-order valence-corrected chi connectivity index (χ0v) is 10.7. The number of hydrogen-bond donors (Lipinski definition) is 3. The van der Waals surface area contributed by atoms with Gasteiger partial charge in [-0.05, 0) is 6.42 Å². The van der Waals surface area contributed by atoms with Gasteiger partial charge in [0.25, 0.3) is 0 Å². The Bertz CT molecular complexity index is 353. The van der Waals surface area contributed by atoms with Crippen LogP contribution in [0.5, 0.6) is 0 Å². The van der Waals surface area contributed by atoms with Gasteiger partial charge in [0.05, 0.1) is 12.3 Å². The molecule has 0 aliphatic carbocycles. The molecular formula is C9H19N3O4S. The van der Waals surface area contributed by atoms with Crippen LogP contribution >= 0.6 is 0 Å². The number of primary amides is 1. The van der Waals surface area contributed by atoms with Crippen LogP contribution in [-0.4, -0.2) is 51.9 Å². The van der Waals surface area contributed by atoms with Crippen molar-refractivity contribution >= 4 is 21.7 Å². The molecule has 4 N–H and O–H groups in total. The molecule has 0 aromatic heterocycles. The third kappa shape index (κ3) is 12.8. The van der Waals surface area contributed by atoms with Crippen molar-refractivity contribution in [2.75, 3.05) is 31.6 Å². The summed E-state index contributed by atoms with van der Waals surface area (Å²) in [6, 6.07) is 0. The van der Waals surface area contributed by atoms with E-state index in [1.807, 2.05) is 0 Å². The Kier molecular flexibility index (Phi) is 7.47. The second-order valence-electron chi connectivity index (χ2n) is 3.73. The van der Waals surface area contributed by atoms with Crippen molar-refractivity contribution in [3.8, 4) is 0 Å². The molecule has 0 heterocycles. The summed E-state index contributed by atoms with van der Waals surface area (Å²) in [5.41, 5.74) is 4.93. The first-order chi connectivity index (χ1) is 7.81. The van der Waals surface area contributed by atoms with Crippen LogP contribution in [0.4, 0.5) is 0 Å². The molecule has 8 heteroatoms. The molecule has 0 bridgehead atoms. The van der Waals surface area contributed by atoms with Crippen molar-refractivity contribution in [3.05, 3.63) is 0 Å². The third-order valence-electron chi connectivity index (χ3n) is 1.86. The molecule has 0 aromatic carbocycles. The number of nitrogens with one attached hydrogen (secondary N) is 2. The van der Waals surface area contributed by atoms with E-state index in [0.717, 1.165) is 6.26 Å². The van der Waals surface area contributed by atoms with Crippen molar-refractivity contribution in [2.45, 2.75) is 12.8 Å². The van der Waals surface area contributed by atoms with E-state index in [4.69, 9.17) is 5.73 Å². The molecular weight excluding hydrogens is 246 g/mol. The van der Waals surface area contributed by atoms with Gasteiger partial charge in [-0.2, -0.15) is 0 Å². The minimum atomic E-state index is -3.00. The SMILES string of the molecule is CS(=O)(=O)CCNCC(=O)NCCCC(N)=O. The Labute approximate surface area is 101 Å². The zero-order chi connectivity index (χ0) is 13.3. The maximum absolute atomic E-state index is 11.2. The molecule has 2 amide bonds. The summed E-state index contributed by atoms with van der Waals surface area (Å²) in [6.07, 6.45) is 1.88. The van der Waals surface area contributed by atoms with Gasteiger partial charge >= 0.3 is 0 Å². The molecule has 17 heavy (non-hydrogen) atoms. The minimum Gasteiger partial charge on any atom is -0.370 e. The van der Waals surface area contributed by atoms with E-state index < -0.39 is 15.7 Å². The Morgan fingerprint density at radius 1 is 1.24 bits per heavy atom. The fourth-order valence-electron chi connectivity index (χ4n) is 1.01. The van der Waals surface area contributed by atoms with Crippen LogP contribution in [0.3, 0.4) is 0 Å². The van der Waals surface area contributed by atoms with Crippen molar-refractivity contribution in [2.24, 2.45) is 5.73 Å². The van der Waals surface area contributed by atoms with Crippen molar-refractivity contribution in [3.63, 3.8) is 0 Å². The summed E-state index contributed by atoms with van der Waals surface area (Å²) in [6.45, 7) is 0.690. The van der Waals surface area contributed by atoms with Crippen LogP contribution < -0.4 is 16.4 Å². The molecule has 7 nitrogen and oxygen atoms in total. The van der Waals surface area contributed by atoms with Gasteiger partial charge in [-0.3, -0.25) is 9.59 Å². The van der Waals surface area contributed by atoms with Gasteiger partial charge in [-0.25, -0.2) is 8.42 Å². The van der Waals surface area contributed by atoms with Gasteiger partial charge in [0, 0.05) is 25.8 Å². The molecule has 0 rings (SSSR count). The van der Waals surface area contributed by atoms with Crippen LogP contribution in [0.2, 0.25) is 0 Å². The van der Waals surface area contributed by atoms with Crippen LogP contribution in [0.15, 0.2) is 0 Å². The van der Waals surface area contributed by atoms with E-state index in [1.165, 1.54) is 0 Å². The molecule has 0 aromatic rings. The van der Waals surface area contributed by atoms with Crippen molar-refractivity contribution < 1.29 is 18.0 Å². The second kappa shape index (κ2) is 8.02. The highest BCUT2D eigenvalue weighted by Gasteiger charge is 2.03. The van der Waals surface area contributed by atoms with Gasteiger partial charge in [0.15, 0.2) is 0 Å². The van der Waals surface area contributed by atoms with Gasteiger partial charge in [-0.1, -0.05) is 0 Å². The molecule has 0 unspecified atom stereocenters. The Morgan fingerprint density at radius 3 is 2.41 bits per heavy atom. The molecule has 0 spiro atoms. The lowest BCUT2D eigenvalue weighted by molar-refractivity contribution is -0.121. The summed E-state index contributed by atoms with van der Waals surface area (Å²) < 4.78 is 21.5. The molecule has 100 valence electrons. The number of carbonyl (C=O) groups is 2. The average molecular weight is 265 g/mol. The topological polar surface area (TPSA) is 118 Å². The van der Waals surface area contributed by atoms with Crippen molar-refractivity contribution in [1.82, 2.24) is 10.6 Å². The normalized spacial score (nSPS) is 11.1. The highest BCUT2D eigenvalue weighted by atomic mass is 32.2. The molecule has 0 aliphatic heterocycles. The second-order valence-corrected chi connectivity index (χ2v) is 5.99. The van der Waals surface area contributed by atoms with E-state index in [1.54, 1.807) is 0 Å². The lowest BCUT2D eigenvalue weighted by Crippen LogP contribution is -2.36. The molecule has 0 saturated heterocycles. The summed E-state index contributed by atoms with van der Waals surface area (Å²) in [4.78, 5) is 21.6. The number of nitrogens with two attached hydrogens (primary N) is 1. The zero-order valence-electron chi connectivity index (χ0n) is 9.86. The average Bonchev–Trinajstić information content (AvgIpc) is 2.18. The predicted molar refractivity (Wildman–Crippen MR) is 64.0 cm³/mol. The lowest BCUT2D eigenvalue weighted by atomic mass is 10.3. The fourth-order valence-corrected chi connectivity index (χ4v) is 1.53. The van der Waals surface area contributed by atoms with Gasteiger partial charge in [-0.15, -0.1) is 0 Å². The summed E-state index contributed by atoms with van der Waals surface area (Å²) in [7, 11) is -3.00. The minimum absolute atomic E-state index is 0.00194. The molecule has 0 saturated carbocycles. The quantitative estimate of drug-likeness (QED) is 0.417. The van der Waals surface area contributed by atoms with Gasteiger partial charge in [0.2, 0.25) is 11.8 Å². The Hall–Kier alpha value is -1.15. The van der Waals surface area contributed by atoms with E-state index in [2.05, 4.69) is 10.6 Å². The summed E-state index contributed by atoms with van der Waals surface area (Å²) in [5, 5.41) is 5.29. The smallest absolute Gasteiger partial charge is 0.233 e. The van der Waals surface area contributed by atoms with Crippen LogP contribution in [-0.2, 0) is 19.4 Å². The lowest BCUT2D eigenvalue weighted by Gasteiger charge is -2.05. The van der Waals surface area contributed by atoms with E-state index >= 15 is 0 Å². The monoisotopic (exact) mass is 265 g/mol. The Morgan fingerprint density at radius 2 is 1.88 bits per heavy atom. The number of carbonyl (C=O) groups excluding carboxylic acids is 2. The first-order valence-corrected chi connectivity index (χ1v) is 7.31. The first kappa shape index (κ1) is 15.9. The maximum Gasteiger partial charge on any atom is 0.233 e. The predicted octanol–water partition coefficient (Wildman–Crippen LogP) is -2.00.